The van der Waals surface area contributed by atoms with E-state index >= 15 is 0 Å². The SMILES string of the molecule is COC(=O)Cc1ccc(N2C(=O)C(=O)/C(=C(\O)c3ccccc3OC)C2c2cccc(OC)c2)cc1. The van der Waals surface area contributed by atoms with Gasteiger partial charge in [-0.05, 0) is 47.5 Å². The zero-order chi connectivity index (χ0) is 25.8. The van der Waals surface area contributed by atoms with Crippen molar-refractivity contribution in [3.8, 4) is 11.5 Å². The molecule has 3 aromatic carbocycles. The monoisotopic (exact) mass is 487 g/mol. The Morgan fingerprint density at radius 3 is 2.31 bits per heavy atom. The third-order valence-corrected chi connectivity index (χ3v) is 6.01. The number of ether oxygens (including phenoxy) is 3. The number of aliphatic hydroxyl groups is 1. The van der Waals surface area contributed by atoms with Crippen LogP contribution < -0.4 is 14.4 Å². The second kappa shape index (κ2) is 10.4. The van der Waals surface area contributed by atoms with Gasteiger partial charge in [-0.3, -0.25) is 19.3 Å². The van der Waals surface area contributed by atoms with E-state index in [9.17, 15) is 19.5 Å². The Hall–Kier alpha value is -4.59. The quantitative estimate of drug-likeness (QED) is 0.232. The first-order valence-corrected chi connectivity index (χ1v) is 11.1. The molecule has 0 aromatic heterocycles. The van der Waals surface area contributed by atoms with Gasteiger partial charge in [-0.15, -0.1) is 0 Å². The highest BCUT2D eigenvalue weighted by Gasteiger charge is 2.47. The zero-order valence-electron chi connectivity index (χ0n) is 20.1. The molecule has 1 aliphatic rings. The van der Waals surface area contributed by atoms with Crippen LogP contribution in [0.4, 0.5) is 5.69 Å². The minimum Gasteiger partial charge on any atom is -0.507 e. The number of aliphatic hydroxyl groups excluding tert-OH is 1. The van der Waals surface area contributed by atoms with E-state index in [-0.39, 0.29) is 17.8 Å². The van der Waals surface area contributed by atoms with Crippen molar-refractivity contribution in [2.75, 3.05) is 26.2 Å². The number of methoxy groups -OCH3 is 3. The molecular weight excluding hydrogens is 462 g/mol. The van der Waals surface area contributed by atoms with Gasteiger partial charge in [-0.25, -0.2) is 0 Å². The molecule has 4 rings (SSSR count). The summed E-state index contributed by atoms with van der Waals surface area (Å²) in [4.78, 5) is 39.7. The molecule has 1 atom stereocenters. The van der Waals surface area contributed by atoms with Crippen molar-refractivity contribution < 1.29 is 33.7 Å². The average Bonchev–Trinajstić information content (AvgIpc) is 3.18. The second-order valence-electron chi connectivity index (χ2n) is 8.07. The van der Waals surface area contributed by atoms with E-state index in [0.29, 0.717) is 33.9 Å². The molecular formula is C28H25NO7. The fraction of sp³-hybridized carbons (Fsp3) is 0.179. The molecule has 0 bridgehead atoms. The molecule has 0 spiro atoms. The normalized spacial score (nSPS) is 16.6. The molecule has 0 saturated carbocycles. The van der Waals surface area contributed by atoms with Gasteiger partial charge in [0.15, 0.2) is 0 Å². The molecule has 1 fully saturated rings. The maximum absolute atomic E-state index is 13.4. The van der Waals surface area contributed by atoms with E-state index in [1.54, 1.807) is 72.8 Å². The standard InChI is InChI=1S/C28H25NO7/c1-34-20-8-6-7-18(16-20)25-24(26(31)21-9-4-5-10-22(21)35-2)27(32)28(33)29(25)19-13-11-17(12-14-19)15-23(30)36-3/h4-14,16,25,31H,15H2,1-3H3/b26-24-. The average molecular weight is 488 g/mol. The summed E-state index contributed by atoms with van der Waals surface area (Å²) in [6.45, 7) is 0. The lowest BCUT2D eigenvalue weighted by Gasteiger charge is -2.26. The largest absolute Gasteiger partial charge is 0.507 e. The summed E-state index contributed by atoms with van der Waals surface area (Å²) in [5, 5.41) is 11.3. The Bertz CT molecular complexity index is 1340. The predicted molar refractivity (Wildman–Crippen MR) is 133 cm³/mol. The Balaban J connectivity index is 1.89. The number of anilines is 1. The number of esters is 1. The molecule has 1 unspecified atom stereocenters. The minimum absolute atomic E-state index is 0.0721. The molecule has 1 amide bonds. The van der Waals surface area contributed by atoms with Gasteiger partial charge >= 0.3 is 5.97 Å². The number of Topliss-reactive ketones (excluding diaryl/α,β-unsaturated/α-hetero) is 1. The molecule has 1 heterocycles. The summed E-state index contributed by atoms with van der Waals surface area (Å²) in [5.41, 5.74) is 1.91. The highest BCUT2D eigenvalue weighted by atomic mass is 16.5. The van der Waals surface area contributed by atoms with Gasteiger partial charge in [0.25, 0.3) is 11.7 Å². The molecule has 0 radical (unpaired) electrons. The van der Waals surface area contributed by atoms with Crippen LogP contribution in [0.2, 0.25) is 0 Å². The number of rotatable bonds is 7. The molecule has 1 saturated heterocycles. The van der Waals surface area contributed by atoms with Gasteiger partial charge in [-0.1, -0.05) is 36.4 Å². The summed E-state index contributed by atoms with van der Waals surface area (Å²) in [5.74, 6) is -1.47. The van der Waals surface area contributed by atoms with E-state index in [1.807, 2.05) is 0 Å². The van der Waals surface area contributed by atoms with Gasteiger partial charge < -0.3 is 19.3 Å². The van der Waals surface area contributed by atoms with E-state index in [4.69, 9.17) is 14.2 Å². The molecule has 0 aliphatic carbocycles. The van der Waals surface area contributed by atoms with Crippen molar-refractivity contribution in [1.82, 2.24) is 0 Å². The second-order valence-corrected chi connectivity index (χ2v) is 8.07. The summed E-state index contributed by atoms with van der Waals surface area (Å²) in [7, 11) is 4.29. The number of benzene rings is 3. The Morgan fingerprint density at radius 1 is 0.917 bits per heavy atom. The fourth-order valence-electron chi connectivity index (χ4n) is 4.22. The van der Waals surface area contributed by atoms with E-state index in [0.717, 1.165) is 0 Å². The van der Waals surface area contributed by atoms with E-state index in [2.05, 4.69) is 0 Å². The molecule has 1 N–H and O–H groups in total. The van der Waals surface area contributed by atoms with Crippen molar-refractivity contribution >= 4 is 29.1 Å². The Labute approximate surface area is 208 Å². The first-order valence-electron chi connectivity index (χ1n) is 11.1. The van der Waals surface area contributed by atoms with Crippen LogP contribution in [0.5, 0.6) is 11.5 Å². The number of carbonyl (C=O) groups excluding carboxylic acids is 3. The molecule has 8 nitrogen and oxygen atoms in total. The fourth-order valence-corrected chi connectivity index (χ4v) is 4.22. The van der Waals surface area contributed by atoms with Crippen molar-refractivity contribution in [3.63, 3.8) is 0 Å². The van der Waals surface area contributed by atoms with Crippen LogP contribution in [0.15, 0.2) is 78.4 Å². The van der Waals surface area contributed by atoms with Crippen LogP contribution in [-0.2, 0) is 25.5 Å². The lowest BCUT2D eigenvalue weighted by atomic mass is 9.94. The van der Waals surface area contributed by atoms with Crippen molar-refractivity contribution in [3.05, 3.63) is 95.1 Å². The van der Waals surface area contributed by atoms with Crippen LogP contribution in [0.3, 0.4) is 0 Å². The lowest BCUT2D eigenvalue weighted by Crippen LogP contribution is -2.29. The van der Waals surface area contributed by atoms with E-state index < -0.39 is 23.7 Å². The highest BCUT2D eigenvalue weighted by Crippen LogP contribution is 2.43. The summed E-state index contributed by atoms with van der Waals surface area (Å²) in [6.07, 6.45) is 0.0721. The molecule has 1 aliphatic heterocycles. The molecule has 184 valence electrons. The predicted octanol–water partition coefficient (Wildman–Crippen LogP) is 4.05. The Kier molecular flexibility index (Phi) is 7.05. The minimum atomic E-state index is -0.934. The van der Waals surface area contributed by atoms with Gasteiger partial charge in [0, 0.05) is 5.69 Å². The maximum atomic E-state index is 13.4. The summed E-state index contributed by atoms with van der Waals surface area (Å²) >= 11 is 0. The van der Waals surface area contributed by atoms with Gasteiger partial charge in [-0.2, -0.15) is 0 Å². The van der Waals surface area contributed by atoms with Crippen molar-refractivity contribution in [2.45, 2.75) is 12.5 Å². The first kappa shape index (κ1) is 24.5. The topological polar surface area (TPSA) is 102 Å². The van der Waals surface area contributed by atoms with Crippen LogP contribution in [0.25, 0.3) is 5.76 Å². The molecule has 3 aromatic rings. The number of nitrogens with zero attached hydrogens (tertiary/aromatic N) is 1. The van der Waals surface area contributed by atoms with Crippen LogP contribution in [-0.4, -0.2) is 44.1 Å². The summed E-state index contributed by atoms with van der Waals surface area (Å²) in [6, 6.07) is 19.4. The van der Waals surface area contributed by atoms with Gasteiger partial charge in [0.05, 0.1) is 44.9 Å². The lowest BCUT2D eigenvalue weighted by molar-refractivity contribution is -0.139. The van der Waals surface area contributed by atoms with E-state index in [1.165, 1.54) is 26.2 Å². The van der Waals surface area contributed by atoms with Gasteiger partial charge in [0.1, 0.15) is 17.3 Å². The number of ketones is 1. The number of hydrogen-bond donors (Lipinski definition) is 1. The summed E-state index contributed by atoms with van der Waals surface area (Å²) < 4.78 is 15.4. The molecule has 8 heteroatoms. The van der Waals surface area contributed by atoms with Crippen molar-refractivity contribution in [1.29, 1.82) is 0 Å². The highest BCUT2D eigenvalue weighted by molar-refractivity contribution is 6.51. The van der Waals surface area contributed by atoms with Crippen molar-refractivity contribution in [2.24, 2.45) is 0 Å². The maximum Gasteiger partial charge on any atom is 0.309 e. The molecule has 36 heavy (non-hydrogen) atoms. The third kappa shape index (κ3) is 4.53. The number of hydrogen-bond acceptors (Lipinski definition) is 7. The van der Waals surface area contributed by atoms with Crippen LogP contribution >= 0.6 is 0 Å². The Morgan fingerprint density at radius 2 is 1.64 bits per heavy atom. The van der Waals surface area contributed by atoms with Crippen LogP contribution in [0.1, 0.15) is 22.7 Å². The third-order valence-electron chi connectivity index (χ3n) is 6.01. The smallest absolute Gasteiger partial charge is 0.309 e. The number of para-hydroxylation sites is 1. The van der Waals surface area contributed by atoms with Gasteiger partial charge in [0.2, 0.25) is 0 Å². The van der Waals surface area contributed by atoms with Crippen LogP contribution in [0, 0.1) is 0 Å². The zero-order valence-corrected chi connectivity index (χ0v) is 20.1. The first-order chi connectivity index (χ1) is 17.4. The number of carbonyl (C=O) groups is 3. The number of amides is 1.